The molecule has 8 nitrogen and oxygen atoms in total. The molecule has 3 aromatic rings. The third kappa shape index (κ3) is 4.41. The van der Waals surface area contributed by atoms with Crippen molar-refractivity contribution in [2.45, 2.75) is 25.3 Å². The fourth-order valence-electron chi connectivity index (χ4n) is 4.58. The molecule has 2 aliphatic heterocycles. The van der Waals surface area contributed by atoms with Crippen molar-refractivity contribution in [3.8, 4) is 11.3 Å². The van der Waals surface area contributed by atoms with Crippen molar-refractivity contribution in [1.29, 1.82) is 0 Å². The number of para-hydroxylation sites is 1. The summed E-state index contributed by atoms with van der Waals surface area (Å²) in [5, 5.41) is 3.37. The Labute approximate surface area is 192 Å². The van der Waals surface area contributed by atoms with E-state index in [0.717, 1.165) is 29.8 Å². The maximum Gasteiger partial charge on any atom is 0.228 e. The van der Waals surface area contributed by atoms with Gasteiger partial charge in [0.1, 0.15) is 5.82 Å². The van der Waals surface area contributed by atoms with Gasteiger partial charge in [-0.3, -0.25) is 14.6 Å². The van der Waals surface area contributed by atoms with Crippen LogP contribution >= 0.6 is 0 Å². The molecule has 4 heterocycles. The van der Waals surface area contributed by atoms with E-state index in [1.807, 2.05) is 53.4 Å². The smallest absolute Gasteiger partial charge is 0.228 e. The number of aromatic nitrogens is 3. The highest BCUT2D eigenvalue weighted by Gasteiger charge is 2.40. The van der Waals surface area contributed by atoms with Crippen LogP contribution in [0, 0.1) is 5.92 Å². The zero-order valence-corrected chi connectivity index (χ0v) is 18.5. The highest BCUT2D eigenvalue weighted by molar-refractivity contribution is 5.89. The van der Waals surface area contributed by atoms with Crippen LogP contribution in [0.2, 0.25) is 0 Å². The zero-order valence-electron chi connectivity index (χ0n) is 18.5. The number of nitrogens with zero attached hydrogens (tertiary/aromatic N) is 5. The van der Waals surface area contributed by atoms with Crippen molar-refractivity contribution < 1.29 is 9.59 Å². The molecule has 168 valence electrons. The monoisotopic (exact) mass is 442 g/mol. The zero-order chi connectivity index (χ0) is 22.8. The molecule has 2 atom stereocenters. The Bertz CT molecular complexity index is 1150. The topological polar surface area (TPSA) is 91.3 Å². The van der Waals surface area contributed by atoms with Gasteiger partial charge in [-0.05, 0) is 37.1 Å². The van der Waals surface area contributed by atoms with E-state index in [2.05, 4.69) is 10.3 Å². The second-order valence-corrected chi connectivity index (χ2v) is 8.59. The molecule has 2 aliphatic rings. The molecule has 0 radical (unpaired) electrons. The third-order valence-electron chi connectivity index (χ3n) is 6.29. The molecule has 0 bridgehead atoms. The van der Waals surface area contributed by atoms with E-state index >= 15 is 0 Å². The van der Waals surface area contributed by atoms with Gasteiger partial charge in [0.05, 0.1) is 17.7 Å². The van der Waals surface area contributed by atoms with Gasteiger partial charge in [0.2, 0.25) is 11.8 Å². The molecule has 1 N–H and O–H groups in total. The summed E-state index contributed by atoms with van der Waals surface area (Å²) in [6.07, 6.45) is 5.43. The standard InChI is InChI=1S/C25H26N6O2/c1-30-16-18(14-23(30)32)25(33)31-13-5-8-21(31)24-28-20(17-9-11-26-12-10-17)15-22(29-24)27-19-6-3-2-4-7-19/h2-4,6-7,9-12,15,18,21H,5,8,13-14,16H2,1H3,(H,27,28,29). The molecule has 0 spiro atoms. The number of rotatable bonds is 5. The predicted molar refractivity (Wildman–Crippen MR) is 124 cm³/mol. The van der Waals surface area contributed by atoms with Crippen LogP contribution in [0.3, 0.4) is 0 Å². The Morgan fingerprint density at radius 2 is 1.88 bits per heavy atom. The normalized spacial score (nSPS) is 20.3. The molecule has 1 aromatic carbocycles. The van der Waals surface area contributed by atoms with Crippen LogP contribution < -0.4 is 5.32 Å². The summed E-state index contributed by atoms with van der Waals surface area (Å²) in [7, 11) is 1.75. The Balaban J connectivity index is 1.48. The number of amides is 2. The summed E-state index contributed by atoms with van der Waals surface area (Å²) >= 11 is 0. The van der Waals surface area contributed by atoms with Gasteiger partial charge in [0.25, 0.3) is 0 Å². The van der Waals surface area contributed by atoms with Gasteiger partial charge in [-0.2, -0.15) is 0 Å². The lowest BCUT2D eigenvalue weighted by Crippen LogP contribution is -2.37. The molecule has 0 saturated carbocycles. The minimum Gasteiger partial charge on any atom is -0.345 e. The maximum atomic E-state index is 13.3. The van der Waals surface area contributed by atoms with Crippen LogP contribution in [0.15, 0.2) is 60.9 Å². The van der Waals surface area contributed by atoms with Crippen LogP contribution in [0.4, 0.5) is 11.5 Å². The first-order valence-electron chi connectivity index (χ1n) is 11.2. The first kappa shape index (κ1) is 21.1. The summed E-state index contributed by atoms with van der Waals surface area (Å²) in [6, 6.07) is 15.4. The summed E-state index contributed by atoms with van der Waals surface area (Å²) < 4.78 is 0. The second-order valence-electron chi connectivity index (χ2n) is 8.59. The maximum absolute atomic E-state index is 13.3. The van der Waals surface area contributed by atoms with E-state index in [1.54, 1.807) is 24.3 Å². The molecular formula is C25H26N6O2. The van der Waals surface area contributed by atoms with Crippen LogP contribution in [0.25, 0.3) is 11.3 Å². The first-order valence-corrected chi connectivity index (χ1v) is 11.2. The van der Waals surface area contributed by atoms with Crippen LogP contribution in [0.1, 0.15) is 31.1 Å². The van der Waals surface area contributed by atoms with Gasteiger partial charge in [-0.25, -0.2) is 9.97 Å². The molecule has 2 amide bonds. The molecule has 33 heavy (non-hydrogen) atoms. The molecule has 5 rings (SSSR count). The van der Waals surface area contributed by atoms with E-state index in [1.165, 1.54) is 0 Å². The number of hydrogen-bond donors (Lipinski definition) is 1. The molecule has 2 saturated heterocycles. The minimum atomic E-state index is -0.298. The van der Waals surface area contributed by atoms with Crippen LogP contribution in [-0.4, -0.2) is 56.7 Å². The van der Waals surface area contributed by atoms with E-state index in [9.17, 15) is 9.59 Å². The number of benzene rings is 1. The molecule has 2 fully saturated rings. The van der Waals surface area contributed by atoms with E-state index in [-0.39, 0.29) is 30.2 Å². The average molecular weight is 443 g/mol. The first-order chi connectivity index (χ1) is 16.1. The fraction of sp³-hybridized carbons (Fsp3) is 0.320. The van der Waals surface area contributed by atoms with Gasteiger partial charge in [-0.15, -0.1) is 0 Å². The molecule has 2 aromatic heterocycles. The Hall–Kier alpha value is -3.81. The second kappa shape index (κ2) is 8.97. The van der Waals surface area contributed by atoms with E-state index in [4.69, 9.17) is 9.97 Å². The predicted octanol–water partition coefficient (Wildman–Crippen LogP) is 3.42. The van der Waals surface area contributed by atoms with Crippen molar-refractivity contribution >= 4 is 23.3 Å². The minimum absolute atomic E-state index is 0.0192. The summed E-state index contributed by atoms with van der Waals surface area (Å²) in [4.78, 5) is 42.6. The number of hydrogen-bond acceptors (Lipinski definition) is 6. The molecule has 0 aliphatic carbocycles. The fourth-order valence-corrected chi connectivity index (χ4v) is 4.58. The molecule has 2 unspecified atom stereocenters. The number of pyridine rings is 1. The Morgan fingerprint density at radius 1 is 1.09 bits per heavy atom. The summed E-state index contributed by atoms with van der Waals surface area (Å²) in [6.45, 7) is 1.13. The van der Waals surface area contributed by atoms with Gasteiger partial charge in [0, 0.05) is 56.3 Å². The number of anilines is 2. The lowest BCUT2D eigenvalue weighted by Gasteiger charge is -2.26. The Morgan fingerprint density at radius 3 is 2.61 bits per heavy atom. The quantitative estimate of drug-likeness (QED) is 0.651. The van der Waals surface area contributed by atoms with Crippen molar-refractivity contribution in [3.63, 3.8) is 0 Å². The van der Waals surface area contributed by atoms with Crippen molar-refractivity contribution in [2.24, 2.45) is 5.92 Å². The van der Waals surface area contributed by atoms with Crippen molar-refractivity contribution in [1.82, 2.24) is 24.8 Å². The average Bonchev–Trinajstić information content (AvgIpc) is 3.46. The third-order valence-corrected chi connectivity index (χ3v) is 6.29. The van der Waals surface area contributed by atoms with Crippen molar-refractivity contribution in [3.05, 3.63) is 66.7 Å². The highest BCUT2D eigenvalue weighted by Crippen LogP contribution is 2.35. The van der Waals surface area contributed by atoms with Gasteiger partial charge < -0.3 is 15.1 Å². The van der Waals surface area contributed by atoms with Gasteiger partial charge >= 0.3 is 0 Å². The lowest BCUT2D eigenvalue weighted by molar-refractivity contribution is -0.136. The van der Waals surface area contributed by atoms with Crippen LogP contribution in [0.5, 0.6) is 0 Å². The van der Waals surface area contributed by atoms with Gasteiger partial charge in [0.15, 0.2) is 5.82 Å². The molecular weight excluding hydrogens is 416 g/mol. The van der Waals surface area contributed by atoms with E-state index < -0.39 is 0 Å². The summed E-state index contributed by atoms with van der Waals surface area (Å²) in [5.74, 6) is 1.04. The number of nitrogens with one attached hydrogen (secondary N) is 1. The summed E-state index contributed by atoms with van der Waals surface area (Å²) in [5.41, 5.74) is 2.63. The molecule has 8 heteroatoms. The van der Waals surface area contributed by atoms with Crippen molar-refractivity contribution in [2.75, 3.05) is 25.5 Å². The number of carbonyl (C=O) groups excluding carboxylic acids is 2. The van der Waals surface area contributed by atoms with Crippen LogP contribution in [-0.2, 0) is 9.59 Å². The lowest BCUT2D eigenvalue weighted by atomic mass is 10.1. The van der Waals surface area contributed by atoms with Gasteiger partial charge in [-0.1, -0.05) is 18.2 Å². The SMILES string of the molecule is CN1CC(C(=O)N2CCCC2c2nc(Nc3ccccc3)cc(-c3ccncc3)n2)CC1=O. The van der Waals surface area contributed by atoms with E-state index in [0.29, 0.717) is 24.7 Å². The number of carbonyl (C=O) groups is 2. The largest absolute Gasteiger partial charge is 0.345 e. The number of likely N-dealkylation sites (tertiary alicyclic amines) is 2. The Kier molecular flexibility index (Phi) is 5.73. The highest BCUT2D eigenvalue weighted by atomic mass is 16.2.